The minimum atomic E-state index is -0.834. The molecule has 1 heterocycles. The molecule has 1 fully saturated rings. The number of ether oxygens (including phenoxy) is 1. The lowest BCUT2D eigenvalue weighted by Gasteiger charge is -2.42. The lowest BCUT2D eigenvalue weighted by molar-refractivity contribution is -0.165. The van der Waals surface area contributed by atoms with Crippen molar-refractivity contribution < 1.29 is 19.4 Å². The molecule has 5 heteroatoms. The molecule has 1 rings (SSSR count). The molecule has 0 aliphatic carbocycles. The van der Waals surface area contributed by atoms with Gasteiger partial charge in [-0.25, -0.2) is 0 Å². The normalized spacial score (nSPS) is 25.3. The van der Waals surface area contributed by atoms with Crippen molar-refractivity contribution in [3.05, 3.63) is 0 Å². The molecule has 0 saturated carbocycles. The maximum absolute atomic E-state index is 11.8. The molecule has 1 unspecified atom stereocenters. The van der Waals surface area contributed by atoms with Crippen LogP contribution in [0.4, 0.5) is 0 Å². The van der Waals surface area contributed by atoms with Crippen molar-refractivity contribution in [2.45, 2.75) is 46.1 Å². The number of amides is 1. The Morgan fingerprint density at radius 2 is 2.11 bits per heavy atom. The third kappa shape index (κ3) is 4.64. The van der Waals surface area contributed by atoms with Crippen LogP contribution in [0.3, 0.4) is 0 Å². The number of carbonyl (C=O) groups excluding carboxylic acids is 1. The fourth-order valence-electron chi connectivity index (χ4n) is 2.10. The van der Waals surface area contributed by atoms with Gasteiger partial charge in [0.25, 0.3) is 0 Å². The van der Waals surface area contributed by atoms with Crippen molar-refractivity contribution in [1.82, 2.24) is 4.90 Å². The SMILES string of the molecule is CC(C)(C)CN1CC(C)(CCC(=O)O)OCC1=O. The van der Waals surface area contributed by atoms with Crippen LogP contribution in [0.5, 0.6) is 0 Å². The van der Waals surface area contributed by atoms with Crippen molar-refractivity contribution in [2.24, 2.45) is 5.41 Å². The summed E-state index contributed by atoms with van der Waals surface area (Å²) in [6, 6.07) is 0. The van der Waals surface area contributed by atoms with E-state index in [1.165, 1.54) is 0 Å². The van der Waals surface area contributed by atoms with E-state index in [0.29, 0.717) is 19.5 Å². The highest BCUT2D eigenvalue weighted by Crippen LogP contribution is 2.26. The zero-order valence-corrected chi connectivity index (χ0v) is 11.7. The molecule has 5 nitrogen and oxygen atoms in total. The number of carboxylic acids is 1. The van der Waals surface area contributed by atoms with Crippen LogP contribution in [0.25, 0.3) is 0 Å². The number of nitrogens with zero attached hydrogens (tertiary/aromatic N) is 1. The number of hydrogen-bond donors (Lipinski definition) is 1. The number of rotatable bonds is 4. The molecule has 0 bridgehead atoms. The van der Waals surface area contributed by atoms with E-state index in [0.717, 1.165) is 0 Å². The Labute approximate surface area is 108 Å². The average Bonchev–Trinajstić information content (AvgIpc) is 2.19. The van der Waals surface area contributed by atoms with E-state index in [1.807, 2.05) is 6.92 Å². The van der Waals surface area contributed by atoms with E-state index >= 15 is 0 Å². The van der Waals surface area contributed by atoms with Gasteiger partial charge in [-0.2, -0.15) is 0 Å². The molecular weight excluding hydrogens is 234 g/mol. The molecular formula is C13H23NO4. The Morgan fingerprint density at radius 1 is 1.50 bits per heavy atom. The van der Waals surface area contributed by atoms with Gasteiger partial charge in [-0.1, -0.05) is 20.8 Å². The average molecular weight is 257 g/mol. The zero-order chi connectivity index (χ0) is 14.0. The number of carbonyl (C=O) groups is 2. The fraction of sp³-hybridized carbons (Fsp3) is 0.846. The smallest absolute Gasteiger partial charge is 0.303 e. The number of hydrogen-bond acceptors (Lipinski definition) is 3. The first kappa shape index (κ1) is 15.0. The highest BCUT2D eigenvalue weighted by molar-refractivity contribution is 5.78. The summed E-state index contributed by atoms with van der Waals surface area (Å²) in [7, 11) is 0. The molecule has 18 heavy (non-hydrogen) atoms. The third-order valence-corrected chi connectivity index (χ3v) is 2.96. The van der Waals surface area contributed by atoms with Crippen LogP contribution in [-0.2, 0) is 14.3 Å². The number of carboxylic acid groups (broad SMARTS) is 1. The van der Waals surface area contributed by atoms with Crippen LogP contribution < -0.4 is 0 Å². The van der Waals surface area contributed by atoms with Crippen molar-refractivity contribution in [1.29, 1.82) is 0 Å². The molecule has 1 saturated heterocycles. The molecule has 0 radical (unpaired) electrons. The maximum Gasteiger partial charge on any atom is 0.303 e. The molecule has 0 aromatic rings. The van der Waals surface area contributed by atoms with E-state index in [9.17, 15) is 9.59 Å². The molecule has 1 N–H and O–H groups in total. The van der Waals surface area contributed by atoms with Gasteiger partial charge < -0.3 is 14.7 Å². The lowest BCUT2D eigenvalue weighted by atomic mass is 9.92. The van der Waals surface area contributed by atoms with Crippen molar-refractivity contribution in [3.63, 3.8) is 0 Å². The highest BCUT2D eigenvalue weighted by atomic mass is 16.5. The van der Waals surface area contributed by atoms with Crippen LogP contribution in [0.2, 0.25) is 0 Å². The molecule has 0 aromatic carbocycles. The summed E-state index contributed by atoms with van der Waals surface area (Å²) in [6.45, 7) is 9.28. The van der Waals surface area contributed by atoms with Crippen molar-refractivity contribution in [3.8, 4) is 0 Å². The first-order valence-electron chi connectivity index (χ1n) is 6.25. The van der Waals surface area contributed by atoms with Crippen LogP contribution in [-0.4, -0.2) is 47.2 Å². The van der Waals surface area contributed by atoms with Gasteiger partial charge in [0.1, 0.15) is 6.61 Å². The Hall–Kier alpha value is -1.10. The molecule has 1 aliphatic heterocycles. The van der Waals surface area contributed by atoms with Crippen LogP contribution in [0.1, 0.15) is 40.5 Å². The largest absolute Gasteiger partial charge is 0.481 e. The van der Waals surface area contributed by atoms with E-state index in [2.05, 4.69) is 20.8 Å². The quantitative estimate of drug-likeness (QED) is 0.829. The highest BCUT2D eigenvalue weighted by Gasteiger charge is 2.37. The summed E-state index contributed by atoms with van der Waals surface area (Å²) in [5, 5.41) is 8.73. The van der Waals surface area contributed by atoms with Crippen LogP contribution in [0.15, 0.2) is 0 Å². The van der Waals surface area contributed by atoms with Gasteiger partial charge in [-0.15, -0.1) is 0 Å². The summed E-state index contributed by atoms with van der Waals surface area (Å²) in [4.78, 5) is 24.2. The van der Waals surface area contributed by atoms with E-state index in [1.54, 1.807) is 4.90 Å². The molecule has 0 aromatic heterocycles. The Balaban J connectivity index is 2.64. The Morgan fingerprint density at radius 3 is 2.61 bits per heavy atom. The van der Waals surface area contributed by atoms with E-state index in [4.69, 9.17) is 9.84 Å². The first-order valence-corrected chi connectivity index (χ1v) is 6.25. The summed E-state index contributed by atoms with van der Waals surface area (Å²) >= 11 is 0. The van der Waals surface area contributed by atoms with Gasteiger partial charge in [0.15, 0.2) is 0 Å². The summed E-state index contributed by atoms with van der Waals surface area (Å²) < 4.78 is 5.52. The maximum atomic E-state index is 11.8. The predicted molar refractivity (Wildman–Crippen MR) is 67.3 cm³/mol. The standard InChI is InChI=1S/C13H23NO4/c1-12(2,3)8-14-9-13(4,6-5-11(16)17)18-7-10(14)15/h5-9H2,1-4H3,(H,16,17). The lowest BCUT2D eigenvalue weighted by Crippen LogP contribution is -2.55. The zero-order valence-electron chi connectivity index (χ0n) is 11.7. The summed E-state index contributed by atoms with van der Waals surface area (Å²) in [5.74, 6) is -0.850. The molecule has 1 aliphatic rings. The molecule has 1 amide bonds. The molecule has 104 valence electrons. The van der Waals surface area contributed by atoms with Crippen LogP contribution >= 0.6 is 0 Å². The van der Waals surface area contributed by atoms with E-state index in [-0.39, 0.29) is 24.3 Å². The molecule has 0 spiro atoms. The van der Waals surface area contributed by atoms with Crippen molar-refractivity contribution >= 4 is 11.9 Å². The van der Waals surface area contributed by atoms with Crippen molar-refractivity contribution in [2.75, 3.05) is 19.7 Å². The Bertz CT molecular complexity index is 334. The fourth-order valence-corrected chi connectivity index (χ4v) is 2.10. The van der Waals surface area contributed by atoms with Gasteiger partial charge in [0, 0.05) is 19.5 Å². The van der Waals surface area contributed by atoms with Crippen LogP contribution in [0, 0.1) is 5.41 Å². The van der Waals surface area contributed by atoms with Gasteiger partial charge in [-0.05, 0) is 18.8 Å². The van der Waals surface area contributed by atoms with Gasteiger partial charge in [0.05, 0.1) is 5.60 Å². The minimum absolute atomic E-state index is 0.0160. The monoisotopic (exact) mass is 257 g/mol. The predicted octanol–water partition coefficient (Wildman–Crippen LogP) is 1.51. The summed E-state index contributed by atoms with van der Waals surface area (Å²) in [5.41, 5.74) is -0.516. The minimum Gasteiger partial charge on any atom is -0.481 e. The summed E-state index contributed by atoms with van der Waals surface area (Å²) in [6.07, 6.45) is 0.490. The first-order chi connectivity index (χ1) is 8.11. The van der Waals surface area contributed by atoms with Gasteiger partial charge >= 0.3 is 5.97 Å². The second-order valence-electron chi connectivity index (χ2n) is 6.44. The third-order valence-electron chi connectivity index (χ3n) is 2.96. The second kappa shape index (κ2) is 5.26. The topological polar surface area (TPSA) is 66.8 Å². The van der Waals surface area contributed by atoms with Gasteiger partial charge in [-0.3, -0.25) is 9.59 Å². The Kier molecular flexibility index (Phi) is 4.37. The number of morpholine rings is 1. The van der Waals surface area contributed by atoms with Gasteiger partial charge in [0.2, 0.25) is 5.91 Å². The number of aliphatic carboxylic acids is 1. The molecule has 1 atom stereocenters. The second-order valence-corrected chi connectivity index (χ2v) is 6.44. The van der Waals surface area contributed by atoms with E-state index < -0.39 is 11.6 Å².